The second kappa shape index (κ2) is 6.90. The second-order valence-electron chi connectivity index (χ2n) is 7.09. The van der Waals surface area contributed by atoms with Crippen molar-refractivity contribution >= 4 is 34.3 Å². The molecule has 1 aromatic heterocycles. The average Bonchev–Trinajstić information content (AvgIpc) is 3.23. The molecule has 2 amide bonds. The van der Waals surface area contributed by atoms with Gasteiger partial charge in [0.05, 0.1) is 11.1 Å². The smallest absolute Gasteiger partial charge is 0.261 e. The number of nitrogens with zero attached hydrogens (tertiary/aromatic N) is 1. The van der Waals surface area contributed by atoms with Crippen LogP contribution in [0.2, 0.25) is 5.02 Å². The first kappa shape index (κ1) is 17.7. The minimum atomic E-state index is -0.224. The first-order valence-corrected chi connectivity index (χ1v) is 9.82. The first-order chi connectivity index (χ1) is 14.1. The molecule has 1 N–H and O–H groups in total. The molecule has 4 aromatic rings. The molecule has 0 radical (unpaired) electrons. The van der Waals surface area contributed by atoms with Crippen molar-refractivity contribution in [2.45, 2.75) is 6.42 Å². The molecular formula is C24H17ClN2O2. The van der Waals surface area contributed by atoms with Crippen molar-refractivity contribution in [2.24, 2.45) is 0 Å². The Kier molecular flexibility index (Phi) is 4.22. The highest BCUT2D eigenvalue weighted by molar-refractivity contribution is 6.30. The fraction of sp³-hybridized carbons (Fsp3) is 0.0833. The summed E-state index contributed by atoms with van der Waals surface area (Å²) in [4.78, 5) is 30.2. The van der Waals surface area contributed by atoms with Gasteiger partial charge in [0.1, 0.15) is 0 Å². The minimum Gasteiger partial charge on any atom is -0.354 e. The molecule has 4 nitrogen and oxygen atoms in total. The zero-order valence-electron chi connectivity index (χ0n) is 15.5. The molecule has 5 rings (SSSR count). The zero-order chi connectivity index (χ0) is 20.0. The number of aromatic amines is 1. The van der Waals surface area contributed by atoms with E-state index in [1.165, 1.54) is 4.90 Å². The SMILES string of the molecule is O=C1c2ccccc2C(=O)N1CCc1c(-c2ccc(Cl)cc2)[nH]c2ccccc12. The number of carbonyl (C=O) groups excluding carboxylic acids is 2. The Morgan fingerprint density at radius 1 is 0.793 bits per heavy atom. The standard InChI is InChI=1S/C24H17ClN2O2/c25-16-11-9-15(10-12-16)22-18(17-5-3-4-8-21(17)26-22)13-14-27-23(28)19-6-1-2-7-20(19)24(27)29/h1-12,26H,13-14H2. The molecule has 142 valence electrons. The van der Waals surface area contributed by atoms with Crippen molar-refractivity contribution in [3.05, 3.63) is 94.5 Å². The minimum absolute atomic E-state index is 0.224. The summed E-state index contributed by atoms with van der Waals surface area (Å²) in [5.41, 5.74) is 5.07. The van der Waals surface area contributed by atoms with Gasteiger partial charge in [0, 0.05) is 28.2 Å². The van der Waals surface area contributed by atoms with Crippen molar-refractivity contribution in [1.29, 1.82) is 0 Å². The molecule has 2 heterocycles. The lowest BCUT2D eigenvalue weighted by Crippen LogP contribution is -2.31. The molecule has 0 saturated heterocycles. The second-order valence-corrected chi connectivity index (χ2v) is 7.52. The average molecular weight is 401 g/mol. The first-order valence-electron chi connectivity index (χ1n) is 9.44. The van der Waals surface area contributed by atoms with E-state index in [4.69, 9.17) is 11.6 Å². The Labute approximate surface area is 172 Å². The molecule has 0 spiro atoms. The van der Waals surface area contributed by atoms with Crippen LogP contribution in [0.5, 0.6) is 0 Å². The fourth-order valence-electron chi connectivity index (χ4n) is 3.99. The predicted octanol–water partition coefficient (Wildman–Crippen LogP) is 5.33. The summed E-state index contributed by atoms with van der Waals surface area (Å²) in [5.74, 6) is -0.447. The number of amides is 2. The summed E-state index contributed by atoms with van der Waals surface area (Å²) in [6.45, 7) is 0.328. The lowest BCUT2D eigenvalue weighted by molar-refractivity contribution is 0.0656. The van der Waals surface area contributed by atoms with Crippen LogP contribution in [0.1, 0.15) is 26.3 Å². The summed E-state index contributed by atoms with van der Waals surface area (Å²) in [6.07, 6.45) is 0.563. The number of fused-ring (bicyclic) bond motifs is 2. The third-order valence-corrected chi connectivity index (χ3v) is 5.66. The summed E-state index contributed by atoms with van der Waals surface area (Å²) in [7, 11) is 0. The predicted molar refractivity (Wildman–Crippen MR) is 114 cm³/mol. The van der Waals surface area contributed by atoms with Crippen LogP contribution in [0.3, 0.4) is 0 Å². The van der Waals surface area contributed by atoms with Gasteiger partial charge in [0.15, 0.2) is 0 Å². The lowest BCUT2D eigenvalue weighted by atomic mass is 10.0. The van der Waals surface area contributed by atoms with Crippen LogP contribution in [0.4, 0.5) is 0 Å². The molecule has 0 unspecified atom stereocenters. The number of rotatable bonds is 4. The maximum atomic E-state index is 12.7. The quantitative estimate of drug-likeness (QED) is 0.471. The van der Waals surface area contributed by atoms with E-state index >= 15 is 0 Å². The van der Waals surface area contributed by atoms with Crippen molar-refractivity contribution < 1.29 is 9.59 Å². The Hall–Kier alpha value is -3.37. The topological polar surface area (TPSA) is 53.2 Å². The molecule has 0 aliphatic carbocycles. The largest absolute Gasteiger partial charge is 0.354 e. The Morgan fingerprint density at radius 3 is 2.10 bits per heavy atom. The molecular weight excluding hydrogens is 384 g/mol. The van der Waals surface area contributed by atoms with Gasteiger partial charge < -0.3 is 4.98 Å². The van der Waals surface area contributed by atoms with Crippen LogP contribution >= 0.6 is 11.6 Å². The number of carbonyl (C=O) groups is 2. The third kappa shape index (κ3) is 2.93. The van der Waals surface area contributed by atoms with Gasteiger partial charge in [-0.15, -0.1) is 0 Å². The molecule has 0 saturated carbocycles. The van der Waals surface area contributed by atoms with Crippen LogP contribution in [0.25, 0.3) is 22.2 Å². The normalized spacial score (nSPS) is 13.3. The van der Waals surface area contributed by atoms with Gasteiger partial charge in [-0.2, -0.15) is 0 Å². The molecule has 0 fully saturated rings. The molecule has 0 bridgehead atoms. The van der Waals surface area contributed by atoms with Crippen LogP contribution in [-0.2, 0) is 6.42 Å². The number of hydrogen-bond acceptors (Lipinski definition) is 2. The number of H-pyrrole nitrogens is 1. The van der Waals surface area contributed by atoms with Crippen LogP contribution in [0, 0.1) is 0 Å². The van der Waals surface area contributed by atoms with E-state index in [9.17, 15) is 9.59 Å². The van der Waals surface area contributed by atoms with E-state index in [1.807, 2.05) is 42.5 Å². The summed E-state index contributed by atoms with van der Waals surface area (Å²) in [6, 6.07) is 22.7. The number of halogens is 1. The lowest BCUT2D eigenvalue weighted by Gasteiger charge is -2.14. The van der Waals surface area contributed by atoms with Gasteiger partial charge in [-0.3, -0.25) is 14.5 Å². The van der Waals surface area contributed by atoms with Gasteiger partial charge in [-0.1, -0.05) is 54.1 Å². The maximum Gasteiger partial charge on any atom is 0.261 e. The Morgan fingerprint density at radius 2 is 1.41 bits per heavy atom. The molecule has 29 heavy (non-hydrogen) atoms. The van der Waals surface area contributed by atoms with E-state index in [2.05, 4.69) is 11.1 Å². The summed E-state index contributed by atoms with van der Waals surface area (Å²) >= 11 is 6.05. The molecule has 5 heteroatoms. The Balaban J connectivity index is 1.51. The monoisotopic (exact) mass is 400 g/mol. The number of imide groups is 1. The van der Waals surface area contributed by atoms with Crippen molar-refractivity contribution in [2.75, 3.05) is 6.54 Å². The van der Waals surface area contributed by atoms with Crippen LogP contribution in [-0.4, -0.2) is 28.2 Å². The molecule has 1 aliphatic heterocycles. The number of aromatic nitrogens is 1. The maximum absolute atomic E-state index is 12.7. The van der Waals surface area contributed by atoms with Gasteiger partial charge in [-0.05, 0) is 47.9 Å². The van der Waals surface area contributed by atoms with E-state index in [0.29, 0.717) is 29.1 Å². The van der Waals surface area contributed by atoms with Crippen LogP contribution < -0.4 is 0 Å². The number of benzene rings is 3. The van der Waals surface area contributed by atoms with Gasteiger partial charge >= 0.3 is 0 Å². The van der Waals surface area contributed by atoms with Gasteiger partial charge in [0.2, 0.25) is 0 Å². The van der Waals surface area contributed by atoms with Crippen LogP contribution in [0.15, 0.2) is 72.8 Å². The summed E-state index contributed by atoms with van der Waals surface area (Å²) in [5, 5.41) is 1.77. The highest BCUT2D eigenvalue weighted by Crippen LogP contribution is 2.32. The molecule has 0 atom stereocenters. The number of hydrogen-bond donors (Lipinski definition) is 1. The molecule has 1 aliphatic rings. The third-order valence-electron chi connectivity index (χ3n) is 5.41. The highest BCUT2D eigenvalue weighted by atomic mass is 35.5. The molecule has 3 aromatic carbocycles. The van der Waals surface area contributed by atoms with E-state index in [-0.39, 0.29) is 11.8 Å². The van der Waals surface area contributed by atoms with Crippen molar-refractivity contribution in [3.63, 3.8) is 0 Å². The van der Waals surface area contributed by atoms with Crippen molar-refractivity contribution in [3.8, 4) is 11.3 Å². The van der Waals surface area contributed by atoms with Crippen molar-refractivity contribution in [1.82, 2.24) is 9.88 Å². The fourth-order valence-corrected chi connectivity index (χ4v) is 4.11. The van der Waals surface area contributed by atoms with Gasteiger partial charge in [0.25, 0.3) is 11.8 Å². The van der Waals surface area contributed by atoms with E-state index < -0.39 is 0 Å². The number of nitrogens with one attached hydrogen (secondary N) is 1. The number of para-hydroxylation sites is 1. The Bertz CT molecular complexity index is 1220. The van der Waals surface area contributed by atoms with E-state index in [1.54, 1.807) is 24.3 Å². The summed E-state index contributed by atoms with van der Waals surface area (Å²) < 4.78 is 0. The van der Waals surface area contributed by atoms with E-state index in [0.717, 1.165) is 27.7 Å². The zero-order valence-corrected chi connectivity index (χ0v) is 16.2. The van der Waals surface area contributed by atoms with Gasteiger partial charge in [-0.25, -0.2) is 0 Å². The highest BCUT2D eigenvalue weighted by Gasteiger charge is 2.34.